The number of hydrogen-bond acceptors (Lipinski definition) is 8. The summed E-state index contributed by atoms with van der Waals surface area (Å²) in [6.07, 6.45) is 1.45. The molecule has 10 nitrogen and oxygen atoms in total. The topological polar surface area (TPSA) is 167 Å². The van der Waals surface area contributed by atoms with E-state index in [1.54, 1.807) is 19.1 Å². The van der Waals surface area contributed by atoms with E-state index in [1.165, 1.54) is 30.5 Å². The van der Waals surface area contributed by atoms with Crippen LogP contribution < -0.4 is 21.1 Å². The molecule has 4 rings (SSSR count). The highest BCUT2D eigenvalue weighted by molar-refractivity contribution is 8.03. The Morgan fingerprint density at radius 3 is 2.44 bits per heavy atom. The Labute approximate surface area is 230 Å². The highest BCUT2D eigenvalue weighted by atomic mass is 32.2. The molecule has 5 N–H and O–H groups in total. The van der Waals surface area contributed by atoms with Crippen molar-refractivity contribution in [3.8, 4) is 6.07 Å². The minimum atomic E-state index is -3.88. The minimum Gasteiger partial charge on any atom is -0.468 e. The van der Waals surface area contributed by atoms with Crippen LogP contribution >= 0.6 is 11.8 Å². The number of hydrogen-bond donors (Lipinski definition) is 4. The van der Waals surface area contributed by atoms with Gasteiger partial charge >= 0.3 is 0 Å². The number of nitrogens with two attached hydrogens (primary N) is 1. The monoisotopic (exact) mass is 563 g/mol. The number of rotatable bonds is 9. The van der Waals surface area contributed by atoms with Crippen LogP contribution in [0.3, 0.4) is 0 Å². The molecule has 0 saturated heterocycles. The van der Waals surface area contributed by atoms with Gasteiger partial charge in [0.05, 0.1) is 45.1 Å². The second-order valence-electron chi connectivity index (χ2n) is 8.54. The van der Waals surface area contributed by atoms with Crippen LogP contribution in [0.5, 0.6) is 0 Å². The number of carbonyl (C=O) groups excluding carboxylic acids is 2. The number of amides is 2. The van der Waals surface area contributed by atoms with Crippen LogP contribution in [0.2, 0.25) is 0 Å². The number of furan rings is 1. The molecule has 0 spiro atoms. The van der Waals surface area contributed by atoms with Crippen molar-refractivity contribution in [3.63, 3.8) is 0 Å². The second-order valence-corrected chi connectivity index (χ2v) is 11.1. The van der Waals surface area contributed by atoms with E-state index >= 15 is 0 Å². The molecular weight excluding hydrogens is 538 g/mol. The minimum absolute atomic E-state index is 0.0520. The summed E-state index contributed by atoms with van der Waals surface area (Å²) in [4.78, 5) is 25.8. The van der Waals surface area contributed by atoms with Crippen molar-refractivity contribution in [1.82, 2.24) is 10.6 Å². The van der Waals surface area contributed by atoms with Gasteiger partial charge in [-0.15, -0.1) is 0 Å². The van der Waals surface area contributed by atoms with Crippen LogP contribution in [0, 0.1) is 11.3 Å². The predicted molar refractivity (Wildman–Crippen MR) is 147 cm³/mol. The van der Waals surface area contributed by atoms with Crippen LogP contribution in [0.4, 0.5) is 5.69 Å². The van der Waals surface area contributed by atoms with Crippen molar-refractivity contribution in [2.45, 2.75) is 24.3 Å². The number of thioether (sulfide) groups is 1. The Hall–Kier alpha value is -4.31. The van der Waals surface area contributed by atoms with Crippen LogP contribution in [0.25, 0.3) is 0 Å². The molecule has 1 atom stereocenters. The van der Waals surface area contributed by atoms with E-state index in [2.05, 4.69) is 22.0 Å². The number of carbonyl (C=O) groups is 2. The average Bonchev–Trinajstić information content (AvgIpc) is 3.45. The maximum absolute atomic E-state index is 13.4. The first-order chi connectivity index (χ1) is 18.7. The number of nitrogens with one attached hydrogen (secondary N) is 3. The molecule has 0 fully saturated rings. The van der Waals surface area contributed by atoms with Gasteiger partial charge in [0.15, 0.2) is 0 Å². The quantitative estimate of drug-likeness (QED) is 0.308. The molecule has 39 heavy (non-hydrogen) atoms. The van der Waals surface area contributed by atoms with Gasteiger partial charge in [-0.05, 0) is 48.9 Å². The number of nitrogens with zero attached hydrogens (tertiary/aromatic N) is 1. The first kappa shape index (κ1) is 27.7. The Bertz CT molecular complexity index is 1570. The number of dihydropyridines is 1. The Morgan fingerprint density at radius 2 is 1.82 bits per heavy atom. The van der Waals surface area contributed by atoms with E-state index in [1.807, 2.05) is 30.3 Å². The molecule has 2 amide bonds. The van der Waals surface area contributed by atoms with E-state index in [0.717, 1.165) is 17.3 Å². The van der Waals surface area contributed by atoms with Gasteiger partial charge in [-0.1, -0.05) is 42.1 Å². The predicted octanol–water partition coefficient (Wildman–Crippen LogP) is 3.31. The van der Waals surface area contributed by atoms with Gasteiger partial charge in [-0.2, -0.15) is 5.26 Å². The summed E-state index contributed by atoms with van der Waals surface area (Å²) in [6.45, 7) is 2.08. The zero-order valence-electron chi connectivity index (χ0n) is 20.8. The lowest BCUT2D eigenvalue weighted by Crippen LogP contribution is -2.31. The highest BCUT2D eigenvalue weighted by Gasteiger charge is 2.36. The Kier molecular flexibility index (Phi) is 8.55. The third-order valence-electron chi connectivity index (χ3n) is 5.84. The van der Waals surface area contributed by atoms with Crippen LogP contribution in [0.15, 0.2) is 104 Å². The van der Waals surface area contributed by atoms with Gasteiger partial charge < -0.3 is 20.4 Å². The van der Waals surface area contributed by atoms with Crippen molar-refractivity contribution in [2.24, 2.45) is 5.14 Å². The lowest BCUT2D eigenvalue weighted by atomic mass is 9.85. The first-order valence-corrected chi connectivity index (χ1v) is 14.2. The third-order valence-corrected chi connectivity index (χ3v) is 7.79. The van der Waals surface area contributed by atoms with Crippen molar-refractivity contribution < 1.29 is 22.4 Å². The first-order valence-electron chi connectivity index (χ1n) is 11.7. The summed E-state index contributed by atoms with van der Waals surface area (Å²) in [7, 11) is -3.88. The molecule has 2 heterocycles. The maximum atomic E-state index is 13.4. The van der Waals surface area contributed by atoms with Crippen LogP contribution in [-0.4, -0.2) is 26.0 Å². The summed E-state index contributed by atoms with van der Waals surface area (Å²) in [6, 6.07) is 20.4. The second kappa shape index (κ2) is 12.0. The smallest absolute Gasteiger partial charge is 0.254 e. The fourth-order valence-corrected chi connectivity index (χ4v) is 5.42. The molecule has 12 heteroatoms. The summed E-state index contributed by atoms with van der Waals surface area (Å²) in [5, 5.41) is 24.4. The molecule has 0 saturated carbocycles. The molecular formula is C27H25N5O5S2. The number of primary sulfonamides is 1. The van der Waals surface area contributed by atoms with E-state index < -0.39 is 21.8 Å². The van der Waals surface area contributed by atoms with Gasteiger partial charge in [0.1, 0.15) is 5.76 Å². The molecule has 200 valence electrons. The summed E-state index contributed by atoms with van der Waals surface area (Å²) in [5.41, 5.74) is 2.25. The molecule has 2 aromatic carbocycles. The number of nitriles is 1. The fourth-order valence-electron chi connectivity index (χ4n) is 3.98. The van der Waals surface area contributed by atoms with Crippen LogP contribution in [-0.2, 0) is 26.2 Å². The van der Waals surface area contributed by atoms with E-state index in [0.29, 0.717) is 28.7 Å². The van der Waals surface area contributed by atoms with Crippen molar-refractivity contribution in [3.05, 3.63) is 106 Å². The molecule has 1 aromatic heterocycles. The highest BCUT2D eigenvalue weighted by Crippen LogP contribution is 2.41. The lowest BCUT2D eigenvalue weighted by Gasteiger charge is -2.28. The summed E-state index contributed by atoms with van der Waals surface area (Å²) < 4.78 is 28.7. The fraction of sp³-hybridized carbons (Fsp3) is 0.148. The number of benzene rings is 2. The Morgan fingerprint density at radius 1 is 1.10 bits per heavy atom. The largest absolute Gasteiger partial charge is 0.468 e. The van der Waals surface area contributed by atoms with E-state index in [-0.39, 0.29) is 27.7 Å². The van der Waals surface area contributed by atoms with Crippen LogP contribution in [0.1, 0.15) is 24.2 Å². The molecule has 3 aromatic rings. The standard InChI is InChI=1S/C27H25N5O5S2/c1-17-24(26(34)32-19-9-11-20(12-10-19)39(29,35)36)25(22-8-5-13-37-22)21(14-28)27(31-17)38-16-23(33)30-15-18-6-3-2-4-7-18/h2-13,25,31H,15-16H2,1H3,(H,30,33)(H,32,34)(H2,29,35,36)/t25-/m0/s1. The maximum Gasteiger partial charge on any atom is 0.254 e. The Balaban J connectivity index is 1.54. The van der Waals surface area contributed by atoms with E-state index in [4.69, 9.17) is 9.56 Å². The summed E-state index contributed by atoms with van der Waals surface area (Å²) >= 11 is 1.16. The molecule has 1 aliphatic heterocycles. The number of anilines is 1. The zero-order valence-corrected chi connectivity index (χ0v) is 22.4. The molecule has 1 aliphatic rings. The van der Waals surface area contributed by atoms with Gasteiger partial charge in [0.2, 0.25) is 15.9 Å². The lowest BCUT2D eigenvalue weighted by molar-refractivity contribution is -0.118. The SMILES string of the molecule is CC1=C(C(=O)Nc2ccc(S(N)(=O)=O)cc2)[C@H](c2ccco2)C(C#N)=C(SCC(=O)NCc2ccccc2)N1. The molecule has 0 radical (unpaired) electrons. The zero-order chi connectivity index (χ0) is 28.0. The van der Waals surface area contributed by atoms with Crippen molar-refractivity contribution in [1.29, 1.82) is 5.26 Å². The van der Waals surface area contributed by atoms with Crippen molar-refractivity contribution in [2.75, 3.05) is 11.1 Å². The van der Waals surface area contributed by atoms with Gasteiger partial charge in [-0.25, -0.2) is 13.6 Å². The molecule has 0 bridgehead atoms. The normalized spacial score (nSPS) is 15.4. The third kappa shape index (κ3) is 6.77. The van der Waals surface area contributed by atoms with Gasteiger partial charge in [0.25, 0.3) is 5.91 Å². The van der Waals surface area contributed by atoms with E-state index in [9.17, 15) is 23.3 Å². The summed E-state index contributed by atoms with van der Waals surface area (Å²) in [5.74, 6) is -1.12. The van der Waals surface area contributed by atoms with Crippen molar-refractivity contribution >= 4 is 39.3 Å². The van der Waals surface area contributed by atoms with Gasteiger partial charge in [0, 0.05) is 17.9 Å². The molecule has 0 aliphatic carbocycles. The van der Waals surface area contributed by atoms with Gasteiger partial charge in [-0.3, -0.25) is 9.59 Å². The number of sulfonamides is 1. The molecule has 0 unspecified atom stereocenters. The average molecular weight is 564 g/mol. The number of allylic oxidation sites excluding steroid dienone is 2.